The van der Waals surface area contributed by atoms with E-state index in [0.29, 0.717) is 66.9 Å². The number of anilines is 1. The molecule has 38 heavy (non-hydrogen) atoms. The van der Waals surface area contributed by atoms with Crippen LogP contribution < -0.4 is 9.62 Å². The molecule has 1 aliphatic heterocycles. The molecular weight excluding hydrogens is 542 g/mol. The zero-order valence-electron chi connectivity index (χ0n) is 20.4. The number of amides is 1. The molecule has 0 radical (unpaired) electrons. The number of aliphatic hydroxyl groups excluding tert-OH is 1. The van der Waals surface area contributed by atoms with Crippen molar-refractivity contribution in [2.75, 3.05) is 31.1 Å². The second-order valence-corrected chi connectivity index (χ2v) is 12.0. The molecule has 2 aliphatic rings. The van der Waals surface area contributed by atoms with Gasteiger partial charge in [0.1, 0.15) is 11.8 Å². The largest absolute Gasteiger partial charge is 0.384 e. The van der Waals surface area contributed by atoms with E-state index in [4.69, 9.17) is 6.57 Å². The molecular formula is C22H24F2N8O4S2. The van der Waals surface area contributed by atoms with Crippen molar-refractivity contribution >= 4 is 43.9 Å². The van der Waals surface area contributed by atoms with Crippen LogP contribution in [0.2, 0.25) is 0 Å². The predicted molar refractivity (Wildman–Crippen MR) is 134 cm³/mol. The molecule has 1 amide bonds. The number of nitrogens with zero attached hydrogens (tertiary/aromatic N) is 7. The molecule has 202 valence electrons. The molecule has 2 fully saturated rings. The third-order valence-electron chi connectivity index (χ3n) is 6.58. The van der Waals surface area contributed by atoms with Gasteiger partial charge in [-0.25, -0.2) is 23.8 Å². The van der Waals surface area contributed by atoms with Gasteiger partial charge < -0.3 is 14.9 Å². The van der Waals surface area contributed by atoms with E-state index in [2.05, 4.69) is 24.9 Å². The second-order valence-electron chi connectivity index (χ2n) is 9.29. The molecule has 1 aliphatic carbocycles. The van der Waals surface area contributed by atoms with Crippen LogP contribution in [0.25, 0.3) is 26.4 Å². The third kappa shape index (κ3) is 4.70. The number of benzene rings is 1. The Balaban J connectivity index is 1.62. The van der Waals surface area contributed by atoms with Crippen LogP contribution in [-0.4, -0.2) is 82.3 Å². The van der Waals surface area contributed by atoms with Crippen LogP contribution >= 0.6 is 11.3 Å². The Kier molecular flexibility index (Phi) is 6.58. The van der Waals surface area contributed by atoms with E-state index >= 15 is 0 Å². The van der Waals surface area contributed by atoms with Crippen molar-refractivity contribution in [1.29, 1.82) is 0 Å². The summed E-state index contributed by atoms with van der Waals surface area (Å²) in [6.45, 7) is 10.1. The highest BCUT2D eigenvalue weighted by Gasteiger charge is 2.54. The molecule has 12 nitrogen and oxygen atoms in total. The molecule has 3 heterocycles. The predicted octanol–water partition coefficient (Wildman–Crippen LogP) is 1.75. The highest BCUT2D eigenvalue weighted by Crippen LogP contribution is 2.41. The summed E-state index contributed by atoms with van der Waals surface area (Å²) < 4.78 is 57.2. The first-order valence-corrected chi connectivity index (χ1v) is 14.0. The number of carbonyl (C=O) groups is 1. The quantitative estimate of drug-likeness (QED) is 0.413. The number of nitrogens with one attached hydrogen (secondary N) is 1. The van der Waals surface area contributed by atoms with E-state index < -0.39 is 39.1 Å². The van der Waals surface area contributed by atoms with Crippen molar-refractivity contribution in [3.8, 4) is 10.7 Å². The molecule has 0 spiro atoms. The van der Waals surface area contributed by atoms with Gasteiger partial charge in [-0.05, 0) is 19.1 Å². The van der Waals surface area contributed by atoms with Gasteiger partial charge in [-0.2, -0.15) is 5.10 Å². The van der Waals surface area contributed by atoms with E-state index in [1.54, 1.807) is 7.05 Å². The first-order chi connectivity index (χ1) is 17.9. The monoisotopic (exact) mass is 566 g/mol. The highest BCUT2D eigenvalue weighted by molar-refractivity contribution is 7.89. The second kappa shape index (κ2) is 9.49. The topological polar surface area (TPSA) is 138 Å². The van der Waals surface area contributed by atoms with Crippen molar-refractivity contribution in [1.82, 2.24) is 29.6 Å². The zero-order chi connectivity index (χ0) is 27.4. The van der Waals surface area contributed by atoms with Gasteiger partial charge in [-0.3, -0.25) is 14.3 Å². The lowest BCUT2D eigenvalue weighted by Gasteiger charge is -2.37. The van der Waals surface area contributed by atoms with Crippen molar-refractivity contribution in [3.05, 3.63) is 28.6 Å². The number of aryl methyl sites for hydroxylation is 1. The lowest BCUT2D eigenvalue weighted by atomic mass is 10.1. The van der Waals surface area contributed by atoms with Crippen LogP contribution in [0.1, 0.15) is 31.2 Å². The van der Waals surface area contributed by atoms with Gasteiger partial charge in [0.2, 0.25) is 10.0 Å². The van der Waals surface area contributed by atoms with Crippen molar-refractivity contribution in [2.45, 2.75) is 42.9 Å². The van der Waals surface area contributed by atoms with Gasteiger partial charge in [0.05, 0.1) is 28.9 Å². The SMILES string of the molecule is [C-]#[N+]C1(NS(=O)(=O)c2cc(N3CCN(C(=O)C(C)O)CC3)c3c(c2)c(-c2nnc(C(F)F)s2)nn3C)CC1. The molecule has 3 aromatic rings. The van der Waals surface area contributed by atoms with E-state index in [-0.39, 0.29) is 15.6 Å². The number of sulfonamides is 1. The van der Waals surface area contributed by atoms with Gasteiger partial charge >= 0.3 is 0 Å². The van der Waals surface area contributed by atoms with Crippen LogP contribution in [-0.2, 0) is 21.9 Å². The minimum Gasteiger partial charge on any atom is -0.384 e. The molecule has 2 N–H and O–H groups in total. The highest BCUT2D eigenvalue weighted by atomic mass is 32.2. The summed E-state index contributed by atoms with van der Waals surface area (Å²) in [6.07, 6.45) is -3.13. The van der Waals surface area contributed by atoms with E-state index in [1.165, 1.54) is 28.6 Å². The fourth-order valence-corrected chi connectivity index (χ4v) is 6.54. The standard InChI is InChI=1S/C22H24F2N8O4S2/c1-12(33)21(34)32-8-6-31(7-9-32)15-11-13(38(35,36)29-22(25-2)4-5-22)10-14-16(28-30(3)17(14)15)19-26-27-20(37-19)18(23)24/h10-12,18,29,33H,4-9H2,1,3H3. The number of fused-ring (bicyclic) bond motifs is 1. The van der Waals surface area contributed by atoms with Crippen LogP contribution in [0.15, 0.2) is 17.0 Å². The number of aromatic nitrogens is 4. The molecule has 1 saturated heterocycles. The average Bonchev–Trinajstić information content (AvgIpc) is 3.31. The summed E-state index contributed by atoms with van der Waals surface area (Å²) in [4.78, 5) is 19.0. The van der Waals surface area contributed by atoms with Crippen molar-refractivity contribution in [3.63, 3.8) is 0 Å². The molecule has 0 bridgehead atoms. The van der Waals surface area contributed by atoms with Gasteiger partial charge in [-0.1, -0.05) is 11.3 Å². The Labute approximate surface area is 220 Å². The van der Waals surface area contributed by atoms with E-state index in [1.807, 2.05) is 4.90 Å². The summed E-state index contributed by atoms with van der Waals surface area (Å²) >= 11 is 0.672. The van der Waals surface area contributed by atoms with E-state index in [9.17, 15) is 27.1 Å². The van der Waals surface area contributed by atoms with Crippen LogP contribution in [0, 0.1) is 6.57 Å². The number of rotatable bonds is 7. The average molecular weight is 567 g/mol. The Morgan fingerprint density at radius 2 is 1.92 bits per heavy atom. The number of alkyl halides is 2. The molecule has 2 aromatic heterocycles. The Morgan fingerprint density at radius 3 is 2.47 bits per heavy atom. The normalized spacial score (nSPS) is 18.1. The van der Waals surface area contributed by atoms with Crippen molar-refractivity contribution < 1.29 is 27.1 Å². The van der Waals surface area contributed by atoms with Crippen LogP contribution in [0.5, 0.6) is 0 Å². The number of hydrogen-bond donors (Lipinski definition) is 2. The lowest BCUT2D eigenvalue weighted by Crippen LogP contribution is -2.51. The van der Waals surface area contributed by atoms with Crippen LogP contribution in [0.4, 0.5) is 14.5 Å². The summed E-state index contributed by atoms with van der Waals surface area (Å²) in [5.74, 6) is -0.391. The summed E-state index contributed by atoms with van der Waals surface area (Å²) in [5, 5.41) is 21.5. The molecule has 5 rings (SSSR count). The number of hydrogen-bond acceptors (Lipinski definition) is 9. The zero-order valence-corrected chi connectivity index (χ0v) is 22.1. The van der Waals surface area contributed by atoms with Crippen LogP contribution in [0.3, 0.4) is 0 Å². The fraction of sp³-hybridized carbons (Fsp3) is 0.500. The number of aliphatic hydroxyl groups is 1. The lowest BCUT2D eigenvalue weighted by molar-refractivity contribution is -0.139. The molecule has 1 unspecified atom stereocenters. The summed E-state index contributed by atoms with van der Waals surface area (Å²) in [6, 6.07) is 2.90. The first-order valence-electron chi connectivity index (χ1n) is 11.7. The number of halogens is 2. The maximum absolute atomic E-state index is 13.4. The van der Waals surface area contributed by atoms with Gasteiger partial charge in [-0.15, -0.1) is 14.9 Å². The maximum Gasteiger partial charge on any atom is 0.299 e. The first kappa shape index (κ1) is 26.4. The van der Waals surface area contributed by atoms with E-state index in [0.717, 1.165) is 0 Å². The Morgan fingerprint density at radius 1 is 1.24 bits per heavy atom. The smallest absolute Gasteiger partial charge is 0.299 e. The fourth-order valence-electron chi connectivity index (χ4n) is 4.44. The third-order valence-corrected chi connectivity index (χ3v) is 9.03. The summed E-state index contributed by atoms with van der Waals surface area (Å²) in [5.41, 5.74) is 0.109. The number of carbonyl (C=O) groups excluding carboxylic acids is 1. The summed E-state index contributed by atoms with van der Waals surface area (Å²) in [7, 11) is -2.48. The van der Waals surface area contributed by atoms with Gasteiger partial charge in [0.25, 0.3) is 18.0 Å². The van der Waals surface area contributed by atoms with Gasteiger partial charge in [0, 0.05) is 38.6 Å². The minimum atomic E-state index is -4.13. The molecule has 1 saturated carbocycles. The Hall–Kier alpha value is -3.26. The Bertz CT molecular complexity index is 1550. The number of piperazine rings is 1. The van der Waals surface area contributed by atoms with Gasteiger partial charge in [0.15, 0.2) is 10.0 Å². The molecule has 1 atom stereocenters. The molecule has 1 aromatic carbocycles. The molecule has 16 heteroatoms. The van der Waals surface area contributed by atoms with Crippen molar-refractivity contribution in [2.24, 2.45) is 7.05 Å². The maximum atomic E-state index is 13.4. The minimum absolute atomic E-state index is 0.106.